The summed E-state index contributed by atoms with van der Waals surface area (Å²) >= 11 is 0. The molecule has 4 nitrogen and oxygen atoms in total. The van der Waals surface area contributed by atoms with Crippen LogP contribution in [0.3, 0.4) is 0 Å². The minimum atomic E-state index is -3.78. The molecule has 1 aliphatic heterocycles. The monoisotopic (exact) mass is 327 g/mol. The molecule has 0 aliphatic carbocycles. The summed E-state index contributed by atoms with van der Waals surface area (Å²) in [6.45, 7) is 3.69. The highest BCUT2D eigenvalue weighted by Gasteiger charge is 2.18. The zero-order valence-corrected chi connectivity index (χ0v) is 13.8. The van der Waals surface area contributed by atoms with E-state index in [1.165, 1.54) is 0 Å². The number of hydrogen-bond donors (Lipinski definition) is 0. The van der Waals surface area contributed by atoms with E-state index >= 15 is 0 Å². The summed E-state index contributed by atoms with van der Waals surface area (Å²) in [5.41, 5.74) is 3.00. The van der Waals surface area contributed by atoms with Gasteiger partial charge in [0.1, 0.15) is 5.76 Å². The van der Waals surface area contributed by atoms with Gasteiger partial charge in [-0.25, -0.2) is 0 Å². The quantitative estimate of drug-likeness (QED) is 0.845. The van der Waals surface area contributed by atoms with Gasteiger partial charge in [0.2, 0.25) is 5.90 Å². The number of sulfonamides is 1. The van der Waals surface area contributed by atoms with Crippen LogP contribution in [0, 0.1) is 6.92 Å². The van der Waals surface area contributed by atoms with E-state index < -0.39 is 10.0 Å². The summed E-state index contributed by atoms with van der Waals surface area (Å²) in [6.07, 6.45) is 2.23. The minimum absolute atomic E-state index is 0.165. The third-order valence-corrected chi connectivity index (χ3v) is 4.89. The smallest absolute Gasteiger partial charge is 0.285 e. The van der Waals surface area contributed by atoms with Crippen LogP contribution >= 0.6 is 0 Å². The minimum Gasteiger partial charge on any atom is -0.446 e. The zero-order chi connectivity index (χ0) is 16.4. The lowest BCUT2D eigenvalue weighted by Crippen LogP contribution is -2.10. The second-order valence-electron chi connectivity index (χ2n) is 5.51. The number of allylic oxidation sites excluding steroid dienone is 1. The number of aryl methyl sites for hydroxylation is 1. The summed E-state index contributed by atoms with van der Waals surface area (Å²) in [5.74, 6) is 0.803. The predicted octanol–water partition coefficient (Wildman–Crippen LogP) is 3.72. The van der Waals surface area contributed by atoms with Gasteiger partial charge in [0.15, 0.2) is 0 Å². The van der Waals surface area contributed by atoms with Crippen molar-refractivity contribution in [2.75, 3.05) is 0 Å². The number of hydrogen-bond acceptors (Lipinski definition) is 3. The Kier molecular flexibility index (Phi) is 4.05. The predicted molar refractivity (Wildman–Crippen MR) is 90.7 cm³/mol. The fourth-order valence-electron chi connectivity index (χ4n) is 2.42. The molecule has 0 fully saturated rings. The van der Waals surface area contributed by atoms with E-state index in [-0.39, 0.29) is 10.8 Å². The number of ether oxygens (including phenoxy) is 1. The molecule has 0 saturated carbocycles. The Hall–Kier alpha value is -2.40. The topological polar surface area (TPSA) is 55.7 Å². The van der Waals surface area contributed by atoms with E-state index in [0.717, 1.165) is 16.7 Å². The molecular weight excluding hydrogens is 310 g/mol. The van der Waals surface area contributed by atoms with Gasteiger partial charge in [-0.15, -0.1) is 4.40 Å². The van der Waals surface area contributed by atoms with Gasteiger partial charge in [0, 0.05) is 0 Å². The number of fused-ring (bicyclic) bond motifs is 1. The first-order chi connectivity index (χ1) is 10.9. The molecule has 2 aromatic carbocycles. The van der Waals surface area contributed by atoms with Gasteiger partial charge in [0.05, 0.1) is 11.3 Å². The van der Waals surface area contributed by atoms with Crippen molar-refractivity contribution in [1.29, 1.82) is 0 Å². The van der Waals surface area contributed by atoms with Gasteiger partial charge in [-0.1, -0.05) is 42.0 Å². The lowest BCUT2D eigenvalue weighted by molar-refractivity contribution is 0.416. The fourth-order valence-corrected chi connectivity index (χ4v) is 3.37. The van der Waals surface area contributed by atoms with Crippen LogP contribution in [0.1, 0.15) is 23.6 Å². The van der Waals surface area contributed by atoms with Crippen molar-refractivity contribution >= 4 is 22.0 Å². The molecule has 0 saturated heterocycles. The maximum Gasteiger partial charge on any atom is 0.285 e. The van der Waals surface area contributed by atoms with E-state index in [4.69, 9.17) is 4.74 Å². The molecule has 23 heavy (non-hydrogen) atoms. The van der Waals surface area contributed by atoms with Crippen molar-refractivity contribution < 1.29 is 13.2 Å². The Balaban J connectivity index is 1.99. The van der Waals surface area contributed by atoms with Crippen molar-refractivity contribution in [2.24, 2.45) is 4.40 Å². The highest BCUT2D eigenvalue weighted by Crippen LogP contribution is 2.21. The Morgan fingerprint density at radius 3 is 2.43 bits per heavy atom. The van der Waals surface area contributed by atoms with Crippen LogP contribution in [0.15, 0.2) is 63.6 Å². The Bertz CT molecular complexity index is 894. The lowest BCUT2D eigenvalue weighted by atomic mass is 10.0. The van der Waals surface area contributed by atoms with Crippen LogP contribution in [0.2, 0.25) is 0 Å². The van der Waals surface area contributed by atoms with E-state index in [1.807, 2.05) is 37.3 Å². The molecule has 1 heterocycles. The van der Waals surface area contributed by atoms with Crippen molar-refractivity contribution in [1.82, 2.24) is 0 Å². The SMILES string of the molecule is CC1=Cc2ccccc2C/C(=N\S(=O)(=O)c2ccc(C)cc2)O1. The summed E-state index contributed by atoms with van der Waals surface area (Å²) in [4.78, 5) is 0.165. The van der Waals surface area contributed by atoms with Gasteiger partial charge >= 0.3 is 0 Å². The number of benzene rings is 2. The fraction of sp³-hybridized carbons (Fsp3) is 0.167. The summed E-state index contributed by atoms with van der Waals surface area (Å²) in [5, 5.41) is 0. The summed E-state index contributed by atoms with van der Waals surface area (Å²) in [6, 6.07) is 14.4. The molecule has 0 spiro atoms. The molecule has 118 valence electrons. The van der Waals surface area contributed by atoms with Gasteiger partial charge in [-0.2, -0.15) is 8.42 Å². The molecule has 2 aromatic rings. The van der Waals surface area contributed by atoms with Gasteiger partial charge in [0.25, 0.3) is 10.0 Å². The maximum atomic E-state index is 12.5. The van der Waals surface area contributed by atoms with Crippen LogP contribution in [-0.2, 0) is 21.2 Å². The zero-order valence-electron chi connectivity index (χ0n) is 13.0. The van der Waals surface area contributed by atoms with E-state index in [0.29, 0.717) is 12.2 Å². The molecule has 3 rings (SSSR count). The van der Waals surface area contributed by atoms with Crippen LogP contribution in [0.25, 0.3) is 6.08 Å². The highest BCUT2D eigenvalue weighted by molar-refractivity contribution is 7.90. The van der Waals surface area contributed by atoms with Crippen molar-refractivity contribution in [3.63, 3.8) is 0 Å². The third-order valence-electron chi connectivity index (χ3n) is 3.58. The van der Waals surface area contributed by atoms with E-state index in [9.17, 15) is 8.42 Å². The molecule has 0 radical (unpaired) electrons. The van der Waals surface area contributed by atoms with Gasteiger partial charge in [-0.3, -0.25) is 0 Å². The van der Waals surface area contributed by atoms with Crippen LogP contribution in [0.5, 0.6) is 0 Å². The lowest BCUT2D eigenvalue weighted by Gasteiger charge is -2.07. The Labute approximate surface area is 136 Å². The van der Waals surface area contributed by atoms with Crippen molar-refractivity contribution in [3.8, 4) is 0 Å². The van der Waals surface area contributed by atoms with Crippen LogP contribution in [0.4, 0.5) is 0 Å². The van der Waals surface area contributed by atoms with E-state index in [2.05, 4.69) is 4.40 Å². The Morgan fingerprint density at radius 2 is 1.70 bits per heavy atom. The van der Waals surface area contributed by atoms with Crippen LogP contribution < -0.4 is 0 Å². The first kappa shape index (κ1) is 15.5. The molecule has 0 N–H and O–H groups in total. The second kappa shape index (κ2) is 6.01. The molecule has 0 amide bonds. The second-order valence-corrected chi connectivity index (χ2v) is 7.11. The molecule has 0 aromatic heterocycles. The third kappa shape index (κ3) is 3.51. The number of nitrogens with zero attached hydrogens (tertiary/aromatic N) is 1. The molecule has 1 aliphatic rings. The summed E-state index contributed by atoms with van der Waals surface area (Å²) in [7, 11) is -3.78. The van der Waals surface area contributed by atoms with Crippen molar-refractivity contribution in [2.45, 2.75) is 25.2 Å². The maximum absolute atomic E-state index is 12.5. The molecule has 5 heteroatoms. The molecule has 0 atom stereocenters. The summed E-state index contributed by atoms with van der Waals surface area (Å²) < 4.78 is 34.4. The van der Waals surface area contributed by atoms with Gasteiger partial charge in [-0.05, 0) is 43.2 Å². The average Bonchev–Trinajstić information content (AvgIpc) is 2.64. The van der Waals surface area contributed by atoms with E-state index in [1.54, 1.807) is 31.2 Å². The van der Waals surface area contributed by atoms with Crippen LogP contribution in [-0.4, -0.2) is 14.3 Å². The normalized spacial score (nSPS) is 16.3. The molecule has 0 bridgehead atoms. The number of rotatable bonds is 2. The largest absolute Gasteiger partial charge is 0.446 e. The molecule has 0 unspecified atom stereocenters. The van der Waals surface area contributed by atoms with Crippen molar-refractivity contribution in [3.05, 3.63) is 71.0 Å². The molecular formula is C18H17NO3S. The average molecular weight is 327 g/mol. The Morgan fingerprint density at radius 1 is 1.00 bits per heavy atom. The first-order valence-electron chi connectivity index (χ1n) is 7.29. The first-order valence-corrected chi connectivity index (χ1v) is 8.73. The van der Waals surface area contributed by atoms with Gasteiger partial charge < -0.3 is 4.74 Å². The highest BCUT2D eigenvalue weighted by atomic mass is 32.2. The standard InChI is InChI=1S/C18H17NO3S/c1-13-7-9-17(10-8-13)23(20,21)19-18-12-16-6-4-3-5-15(16)11-14(2)22-18/h3-11H,12H2,1-2H3/b19-18+.